The highest BCUT2D eigenvalue weighted by molar-refractivity contribution is 7.73. The molecule has 0 radical (unpaired) electrons. The van der Waals surface area contributed by atoms with Crippen LogP contribution >= 0.6 is 0 Å². The van der Waals surface area contributed by atoms with Crippen molar-refractivity contribution in [2.24, 2.45) is 11.8 Å². The van der Waals surface area contributed by atoms with E-state index in [2.05, 4.69) is 4.74 Å². The van der Waals surface area contributed by atoms with Crippen molar-refractivity contribution in [1.29, 1.82) is 0 Å². The number of hydrogen-bond donors (Lipinski definition) is 1. The van der Waals surface area contributed by atoms with Crippen LogP contribution in [-0.2, 0) is 29.8 Å². The second-order valence-electron chi connectivity index (χ2n) is 5.85. The first-order valence-corrected chi connectivity index (χ1v) is 8.85. The molecule has 0 aromatic carbocycles. The van der Waals surface area contributed by atoms with Gasteiger partial charge in [-0.3, -0.25) is 9.59 Å². The lowest BCUT2D eigenvalue weighted by Crippen LogP contribution is -2.41. The molecule has 0 heterocycles. The Labute approximate surface area is 143 Å². The van der Waals surface area contributed by atoms with Crippen molar-refractivity contribution in [1.82, 2.24) is 0 Å². The highest BCUT2D eigenvalue weighted by atomic mass is 32.2. The highest BCUT2D eigenvalue weighted by Crippen LogP contribution is 2.38. The van der Waals surface area contributed by atoms with E-state index in [1.165, 1.54) is 7.11 Å². The third-order valence-corrected chi connectivity index (χ3v) is 4.93. The summed E-state index contributed by atoms with van der Waals surface area (Å²) in [5.74, 6) is -6.50. The fourth-order valence-electron chi connectivity index (χ4n) is 2.60. The smallest absolute Gasteiger partial charge is 0.404 e. The molecule has 11 heteroatoms. The van der Waals surface area contributed by atoms with Crippen LogP contribution in [0.25, 0.3) is 0 Å². The van der Waals surface area contributed by atoms with E-state index in [4.69, 9.17) is 4.74 Å². The third-order valence-electron chi connectivity index (χ3n) is 4.14. The largest absolute Gasteiger partial charge is 0.469 e. The number of carbonyl (C=O) groups excluding carboxylic acids is 2. The van der Waals surface area contributed by atoms with Crippen LogP contribution in [0.5, 0.6) is 0 Å². The molecule has 0 bridgehead atoms. The lowest BCUT2D eigenvalue weighted by molar-refractivity contribution is -0.164. The van der Waals surface area contributed by atoms with Gasteiger partial charge >= 0.3 is 23.1 Å². The molecule has 1 fully saturated rings. The predicted molar refractivity (Wildman–Crippen MR) is 77.9 cm³/mol. The Kier molecular flexibility index (Phi) is 7.63. The summed E-state index contributed by atoms with van der Waals surface area (Å²) < 4.78 is 81.8. The van der Waals surface area contributed by atoms with Gasteiger partial charge < -0.3 is 9.47 Å². The Hall–Kier alpha value is -1.39. The van der Waals surface area contributed by atoms with Crippen molar-refractivity contribution in [3.63, 3.8) is 0 Å². The third kappa shape index (κ3) is 5.55. The standard InChI is InChI=1S/C14H20F4O6S/c1-23-11(19)9-3-5-10(6-4-9)12(20)24-8-2-7-13(15,16)14(17,18)25(21)22/h9-10,25H,2-8H2,1H3. The van der Waals surface area contributed by atoms with Crippen LogP contribution in [0.4, 0.5) is 17.6 Å². The molecule has 0 aromatic rings. The summed E-state index contributed by atoms with van der Waals surface area (Å²) in [6.07, 6.45) is -0.395. The highest BCUT2D eigenvalue weighted by Gasteiger charge is 2.58. The van der Waals surface area contributed by atoms with Gasteiger partial charge in [0.1, 0.15) is 0 Å². The van der Waals surface area contributed by atoms with Crippen molar-refractivity contribution in [2.75, 3.05) is 13.7 Å². The van der Waals surface area contributed by atoms with Gasteiger partial charge in [-0.15, -0.1) is 0 Å². The lowest BCUT2D eigenvalue weighted by atomic mass is 9.82. The first kappa shape index (κ1) is 21.7. The van der Waals surface area contributed by atoms with Gasteiger partial charge in [0.2, 0.25) is 10.7 Å². The van der Waals surface area contributed by atoms with Gasteiger partial charge in [-0.2, -0.15) is 17.6 Å². The molecule has 0 unspecified atom stereocenters. The van der Waals surface area contributed by atoms with Crippen molar-refractivity contribution in [2.45, 2.75) is 49.7 Å². The summed E-state index contributed by atoms with van der Waals surface area (Å²) in [5, 5.41) is -5.14. The van der Waals surface area contributed by atoms with Crippen LogP contribution in [0.1, 0.15) is 38.5 Å². The monoisotopic (exact) mass is 392 g/mol. The fraction of sp³-hybridized carbons (Fsp3) is 0.857. The van der Waals surface area contributed by atoms with E-state index in [9.17, 15) is 35.6 Å². The average Bonchev–Trinajstić information content (AvgIpc) is 2.57. The van der Waals surface area contributed by atoms with Gasteiger partial charge in [0, 0.05) is 6.42 Å². The molecule has 1 aliphatic rings. The molecule has 1 aliphatic carbocycles. The van der Waals surface area contributed by atoms with E-state index in [1.807, 2.05) is 0 Å². The molecule has 0 aliphatic heterocycles. The van der Waals surface area contributed by atoms with Gasteiger partial charge in [0.15, 0.2) is 0 Å². The summed E-state index contributed by atoms with van der Waals surface area (Å²) in [7, 11) is -3.35. The number of carbonyl (C=O) groups is 2. The molecule has 0 atom stereocenters. The molecule has 25 heavy (non-hydrogen) atoms. The molecule has 0 amide bonds. The zero-order chi connectivity index (χ0) is 19.3. The summed E-state index contributed by atoms with van der Waals surface area (Å²) in [6, 6.07) is 0. The van der Waals surface area contributed by atoms with Crippen LogP contribution in [0.3, 0.4) is 0 Å². The molecule has 146 valence electrons. The van der Waals surface area contributed by atoms with Crippen molar-refractivity contribution >= 4 is 22.6 Å². The number of hydrogen-bond acceptors (Lipinski definition) is 6. The first-order valence-electron chi connectivity index (χ1n) is 7.67. The number of halogens is 4. The zero-order valence-corrected chi connectivity index (χ0v) is 14.4. The Morgan fingerprint density at radius 3 is 1.92 bits per heavy atom. The van der Waals surface area contributed by atoms with Crippen molar-refractivity contribution in [3.8, 4) is 0 Å². The Morgan fingerprint density at radius 1 is 1.00 bits per heavy atom. The van der Waals surface area contributed by atoms with Gasteiger partial charge in [-0.05, 0) is 32.1 Å². The molecule has 1 rings (SSSR count). The number of esters is 2. The second-order valence-corrected chi connectivity index (χ2v) is 6.92. The Bertz CT molecular complexity index is 548. The van der Waals surface area contributed by atoms with Crippen LogP contribution in [0.15, 0.2) is 0 Å². The minimum absolute atomic E-state index is 0.288. The molecular weight excluding hydrogens is 372 g/mol. The normalized spacial score (nSPS) is 21.8. The van der Waals surface area contributed by atoms with Gasteiger partial charge in [-0.25, -0.2) is 8.42 Å². The van der Waals surface area contributed by atoms with Gasteiger partial charge in [0.25, 0.3) is 0 Å². The molecule has 0 aromatic heterocycles. The van der Waals surface area contributed by atoms with E-state index >= 15 is 0 Å². The number of rotatable bonds is 8. The van der Waals surface area contributed by atoms with E-state index in [0.717, 1.165) is 0 Å². The van der Waals surface area contributed by atoms with Gasteiger partial charge in [0.05, 0.1) is 25.6 Å². The minimum atomic E-state index is -5.14. The van der Waals surface area contributed by atoms with E-state index in [1.54, 1.807) is 0 Å². The predicted octanol–water partition coefficient (Wildman–Crippen LogP) is 2.13. The van der Waals surface area contributed by atoms with Crippen molar-refractivity contribution < 1.29 is 45.0 Å². The van der Waals surface area contributed by atoms with Crippen LogP contribution in [0, 0.1) is 11.8 Å². The number of thiol groups is 1. The maximum atomic E-state index is 13.2. The minimum Gasteiger partial charge on any atom is -0.469 e. The summed E-state index contributed by atoms with van der Waals surface area (Å²) in [4.78, 5) is 23.2. The summed E-state index contributed by atoms with van der Waals surface area (Å²) >= 11 is 0. The molecular formula is C14H20F4O6S. The zero-order valence-electron chi connectivity index (χ0n) is 13.5. The topological polar surface area (TPSA) is 86.7 Å². The molecule has 0 saturated heterocycles. The van der Waals surface area contributed by atoms with Gasteiger partial charge in [-0.1, -0.05) is 0 Å². The SMILES string of the molecule is COC(=O)C1CCC(C(=O)OCCCC(F)(F)C(F)(F)[SH](=O)=O)CC1. The number of alkyl halides is 4. The maximum absolute atomic E-state index is 13.2. The van der Waals surface area contributed by atoms with Crippen LogP contribution in [0.2, 0.25) is 0 Å². The molecule has 6 nitrogen and oxygen atoms in total. The fourth-order valence-corrected chi connectivity index (χ4v) is 2.98. The van der Waals surface area contributed by atoms with E-state index < -0.39 is 53.2 Å². The molecule has 1 saturated carbocycles. The lowest BCUT2D eigenvalue weighted by Gasteiger charge is -2.25. The Balaban J connectivity index is 2.35. The molecule has 0 N–H and O–H groups in total. The van der Waals surface area contributed by atoms with Crippen molar-refractivity contribution in [3.05, 3.63) is 0 Å². The molecule has 0 spiro atoms. The van der Waals surface area contributed by atoms with Crippen LogP contribution < -0.4 is 0 Å². The number of methoxy groups -OCH3 is 1. The quantitative estimate of drug-likeness (QED) is 0.295. The number of ether oxygens (including phenoxy) is 2. The van der Waals surface area contributed by atoms with Crippen LogP contribution in [-0.4, -0.2) is 45.3 Å². The van der Waals surface area contributed by atoms with E-state index in [-0.39, 0.29) is 11.9 Å². The Morgan fingerprint density at radius 2 is 1.48 bits per heavy atom. The second kappa shape index (κ2) is 8.81. The first-order chi connectivity index (χ1) is 11.5. The summed E-state index contributed by atoms with van der Waals surface area (Å²) in [6.45, 7) is -0.517. The van der Waals surface area contributed by atoms with E-state index in [0.29, 0.717) is 25.7 Å². The average molecular weight is 392 g/mol. The summed E-state index contributed by atoms with van der Waals surface area (Å²) in [5.41, 5.74) is 0. The maximum Gasteiger partial charge on any atom is 0.404 e.